The smallest absolute Gasteiger partial charge is 0.232 e. The number of phenols is 2. The molecule has 0 aliphatic carbocycles. The summed E-state index contributed by atoms with van der Waals surface area (Å²) in [6, 6.07) is 3.22. The Balaban J connectivity index is 2.03. The topological polar surface area (TPSA) is 112 Å². The molecule has 1 fully saturated rings. The first-order chi connectivity index (χ1) is 13.5. The van der Waals surface area contributed by atoms with E-state index in [1.165, 1.54) is 10.4 Å². The van der Waals surface area contributed by atoms with E-state index in [1.807, 2.05) is 6.92 Å². The van der Waals surface area contributed by atoms with Gasteiger partial charge in [-0.25, -0.2) is 21.1 Å². The molecule has 29 heavy (non-hydrogen) atoms. The lowest BCUT2D eigenvalue weighted by Gasteiger charge is -2.32. The zero-order chi connectivity index (χ0) is 21.7. The first-order valence-electron chi connectivity index (χ1n) is 9.99. The molecule has 0 atom stereocenters. The Hall–Kier alpha value is -1.03. The fourth-order valence-electron chi connectivity index (χ4n) is 3.70. The third-order valence-corrected chi connectivity index (χ3v) is 8.59. The predicted molar refractivity (Wildman–Crippen MR) is 115 cm³/mol. The minimum Gasteiger partial charge on any atom is -0.508 e. The van der Waals surface area contributed by atoms with E-state index in [1.54, 1.807) is 6.07 Å². The van der Waals surface area contributed by atoms with Gasteiger partial charge in [0.2, 0.25) is 19.1 Å². The molecule has 10 heteroatoms. The van der Waals surface area contributed by atoms with Crippen molar-refractivity contribution >= 4 is 29.8 Å². The number of nitrogens with zero attached hydrogens (tertiary/aromatic N) is 1. The lowest BCUT2D eigenvalue weighted by atomic mass is 9.87. The van der Waals surface area contributed by atoms with Crippen molar-refractivity contribution in [3.05, 3.63) is 23.3 Å². The molecule has 2 N–H and O–H groups in total. The molecule has 1 aliphatic heterocycles. The van der Waals surface area contributed by atoms with Gasteiger partial charge in [0.25, 0.3) is 0 Å². The van der Waals surface area contributed by atoms with Gasteiger partial charge in [0.05, 0.1) is 11.5 Å². The molecule has 7 nitrogen and oxygen atoms in total. The van der Waals surface area contributed by atoms with Gasteiger partial charge in [0, 0.05) is 29.3 Å². The van der Waals surface area contributed by atoms with Gasteiger partial charge >= 0.3 is 0 Å². The number of benzene rings is 1. The summed E-state index contributed by atoms with van der Waals surface area (Å²) in [6.45, 7) is 2.79. The van der Waals surface area contributed by atoms with Gasteiger partial charge < -0.3 is 10.2 Å². The SMILES string of the molecule is CCCCS(=O)(=O)N1CCC(c2ccc(O)c(CCCCS(=O)(=O)Cl)c2O)CC1. The van der Waals surface area contributed by atoms with Crippen molar-refractivity contribution in [1.29, 1.82) is 0 Å². The second-order valence-corrected chi connectivity index (χ2v) is 12.5. The van der Waals surface area contributed by atoms with Crippen LogP contribution < -0.4 is 0 Å². The summed E-state index contributed by atoms with van der Waals surface area (Å²) in [5.74, 6) is 0.0161. The Bertz CT molecular complexity index is 894. The summed E-state index contributed by atoms with van der Waals surface area (Å²) in [7, 11) is -1.58. The molecule has 0 aromatic heterocycles. The maximum atomic E-state index is 12.4. The van der Waals surface area contributed by atoms with Gasteiger partial charge in [0.15, 0.2) is 0 Å². The Kier molecular flexibility index (Phi) is 8.63. The standard InChI is InChI=1S/C19H30ClNO6S2/c1-2-3-14-29(26,27)21-11-9-15(10-12-21)16-7-8-18(22)17(19(16)23)6-4-5-13-28(20,24)25/h7-8,15,22-23H,2-6,9-14H2,1H3. The van der Waals surface area contributed by atoms with Crippen LogP contribution in [0.2, 0.25) is 0 Å². The molecular weight excluding hydrogens is 438 g/mol. The van der Waals surface area contributed by atoms with Crippen LogP contribution >= 0.6 is 10.7 Å². The number of unbranched alkanes of at least 4 members (excludes halogenated alkanes) is 2. The molecule has 1 heterocycles. The molecule has 0 radical (unpaired) electrons. The monoisotopic (exact) mass is 467 g/mol. The first-order valence-corrected chi connectivity index (χ1v) is 14.1. The quantitative estimate of drug-likeness (QED) is 0.403. The van der Waals surface area contributed by atoms with Crippen molar-refractivity contribution in [3.8, 4) is 11.5 Å². The number of halogens is 1. The number of phenolic OH excluding ortho intramolecular Hbond substituents is 2. The van der Waals surface area contributed by atoms with Gasteiger partial charge in [-0.3, -0.25) is 0 Å². The summed E-state index contributed by atoms with van der Waals surface area (Å²) >= 11 is 0. The maximum Gasteiger partial charge on any atom is 0.232 e. The summed E-state index contributed by atoms with van der Waals surface area (Å²) < 4.78 is 48.3. The second-order valence-electron chi connectivity index (χ2n) is 7.54. The number of piperidine rings is 1. The van der Waals surface area contributed by atoms with Crippen LogP contribution in [0.1, 0.15) is 62.5 Å². The normalized spacial score (nSPS) is 16.9. The molecule has 166 valence electrons. The molecule has 0 spiro atoms. The minimum absolute atomic E-state index is 0.00944. The molecule has 1 saturated heterocycles. The number of rotatable bonds is 10. The lowest BCUT2D eigenvalue weighted by molar-refractivity contribution is 0.314. The largest absolute Gasteiger partial charge is 0.508 e. The van der Waals surface area contributed by atoms with E-state index in [9.17, 15) is 27.0 Å². The number of hydrogen-bond acceptors (Lipinski definition) is 6. The Morgan fingerprint density at radius 1 is 1.03 bits per heavy atom. The van der Waals surface area contributed by atoms with Crippen LogP contribution in [0, 0.1) is 0 Å². The summed E-state index contributed by atoms with van der Waals surface area (Å²) in [6.07, 6.45) is 3.82. The molecule has 1 aromatic carbocycles. The number of aromatic hydroxyl groups is 2. The van der Waals surface area contributed by atoms with Crippen molar-refractivity contribution < 1.29 is 27.0 Å². The summed E-state index contributed by atoms with van der Waals surface area (Å²) in [5, 5.41) is 20.8. The highest BCUT2D eigenvalue weighted by atomic mass is 35.7. The van der Waals surface area contributed by atoms with Gasteiger partial charge in [-0.15, -0.1) is 0 Å². The van der Waals surface area contributed by atoms with E-state index in [4.69, 9.17) is 10.7 Å². The van der Waals surface area contributed by atoms with E-state index >= 15 is 0 Å². The summed E-state index contributed by atoms with van der Waals surface area (Å²) in [4.78, 5) is 0. The zero-order valence-corrected chi connectivity index (χ0v) is 19.1. The molecule has 0 bridgehead atoms. The van der Waals surface area contributed by atoms with Crippen LogP contribution in [0.15, 0.2) is 12.1 Å². The van der Waals surface area contributed by atoms with Crippen molar-refractivity contribution in [2.45, 2.75) is 57.8 Å². The highest BCUT2D eigenvalue weighted by Gasteiger charge is 2.30. The molecule has 0 saturated carbocycles. The number of sulfonamides is 1. The Labute approximate surface area is 178 Å². The highest BCUT2D eigenvalue weighted by Crippen LogP contribution is 2.40. The molecular formula is C19H30ClNO6S2. The fourth-order valence-corrected chi connectivity index (χ4v) is 6.25. The average molecular weight is 468 g/mol. The van der Waals surface area contributed by atoms with Crippen LogP contribution in [0.4, 0.5) is 0 Å². The van der Waals surface area contributed by atoms with Crippen molar-refractivity contribution in [2.24, 2.45) is 0 Å². The van der Waals surface area contributed by atoms with Crippen LogP contribution in [0.25, 0.3) is 0 Å². The van der Waals surface area contributed by atoms with Crippen molar-refractivity contribution in [2.75, 3.05) is 24.6 Å². The van der Waals surface area contributed by atoms with Crippen LogP contribution in [0.5, 0.6) is 11.5 Å². The van der Waals surface area contributed by atoms with Crippen LogP contribution in [-0.2, 0) is 25.5 Å². The van der Waals surface area contributed by atoms with Crippen LogP contribution in [0.3, 0.4) is 0 Å². The third kappa shape index (κ3) is 7.01. The third-order valence-electron chi connectivity index (χ3n) is 5.40. The van der Waals surface area contributed by atoms with E-state index in [0.717, 1.165) is 6.42 Å². The summed E-state index contributed by atoms with van der Waals surface area (Å²) in [5.41, 5.74) is 1.10. The molecule has 0 unspecified atom stereocenters. The Morgan fingerprint density at radius 3 is 2.28 bits per heavy atom. The van der Waals surface area contributed by atoms with E-state index in [-0.39, 0.29) is 28.9 Å². The van der Waals surface area contributed by atoms with Crippen molar-refractivity contribution in [3.63, 3.8) is 0 Å². The molecule has 2 rings (SSSR count). The van der Waals surface area contributed by atoms with E-state index < -0.39 is 19.1 Å². The second kappa shape index (κ2) is 10.3. The van der Waals surface area contributed by atoms with E-state index in [2.05, 4.69) is 0 Å². The highest BCUT2D eigenvalue weighted by molar-refractivity contribution is 8.13. The number of hydrogen-bond donors (Lipinski definition) is 2. The average Bonchev–Trinajstić information content (AvgIpc) is 2.65. The van der Waals surface area contributed by atoms with E-state index in [0.29, 0.717) is 62.7 Å². The van der Waals surface area contributed by atoms with Gasteiger partial charge in [-0.05, 0) is 56.1 Å². The molecule has 1 aromatic rings. The predicted octanol–water partition coefficient (Wildman–Crippen LogP) is 3.30. The zero-order valence-electron chi connectivity index (χ0n) is 16.7. The van der Waals surface area contributed by atoms with Gasteiger partial charge in [-0.1, -0.05) is 19.4 Å². The minimum atomic E-state index is -3.55. The maximum absolute atomic E-state index is 12.4. The van der Waals surface area contributed by atoms with Crippen LogP contribution in [-0.4, -0.2) is 55.9 Å². The molecule has 1 aliphatic rings. The molecule has 0 amide bonds. The first kappa shape index (κ1) is 24.2. The van der Waals surface area contributed by atoms with Crippen molar-refractivity contribution in [1.82, 2.24) is 4.31 Å². The van der Waals surface area contributed by atoms with Gasteiger partial charge in [-0.2, -0.15) is 0 Å². The lowest BCUT2D eigenvalue weighted by Crippen LogP contribution is -2.39. The Morgan fingerprint density at radius 2 is 1.69 bits per heavy atom. The van der Waals surface area contributed by atoms with Gasteiger partial charge in [0.1, 0.15) is 11.5 Å². The fraction of sp³-hybridized carbons (Fsp3) is 0.684.